The zero-order valence-corrected chi connectivity index (χ0v) is 5.46. The van der Waals surface area contributed by atoms with Crippen molar-refractivity contribution in [1.29, 1.82) is 0 Å². The van der Waals surface area contributed by atoms with Crippen LogP contribution in [0.1, 0.15) is 0 Å². The van der Waals surface area contributed by atoms with Crippen LogP contribution in [-0.4, -0.2) is 14.7 Å². The zero-order chi connectivity index (χ0) is 7.56. The molecule has 1 rings (SSSR count). The molecule has 0 bridgehead atoms. The summed E-state index contributed by atoms with van der Waals surface area (Å²) in [6.45, 7) is 0. The molecule has 7 heteroatoms. The van der Waals surface area contributed by atoms with E-state index in [1.807, 2.05) is 0 Å². The van der Waals surface area contributed by atoms with E-state index in [1.165, 1.54) is 6.20 Å². The Bertz CT molecular complexity index is 332. The van der Waals surface area contributed by atoms with Crippen LogP contribution in [0.2, 0.25) is 0 Å². The summed E-state index contributed by atoms with van der Waals surface area (Å²) in [5.41, 5.74) is 8.11. The molecule has 0 unspecified atom stereocenters. The lowest BCUT2D eigenvalue weighted by atomic mass is 10.9. The SMILES string of the molecule is [N-]=[N+]=c1[nH]cc([N+](=O)[O-])s1. The first-order chi connectivity index (χ1) is 4.74. The molecule has 1 N–H and O–H groups in total. The van der Waals surface area contributed by atoms with Gasteiger partial charge >= 0.3 is 9.80 Å². The minimum absolute atomic E-state index is 0.0761. The second-order valence-corrected chi connectivity index (χ2v) is 2.40. The third-order valence-electron chi connectivity index (χ3n) is 0.791. The van der Waals surface area contributed by atoms with Gasteiger partial charge in [0.2, 0.25) is 0 Å². The lowest BCUT2D eigenvalue weighted by Gasteiger charge is -1.73. The summed E-state index contributed by atoms with van der Waals surface area (Å²) in [5.74, 6) is 0. The van der Waals surface area contributed by atoms with Gasteiger partial charge in [0.25, 0.3) is 0 Å². The summed E-state index contributed by atoms with van der Waals surface area (Å²) in [6, 6.07) is 0. The molecule has 1 aromatic rings. The number of aromatic amines is 1. The van der Waals surface area contributed by atoms with Gasteiger partial charge in [0, 0.05) is 11.3 Å². The Morgan fingerprint density at radius 3 is 2.90 bits per heavy atom. The minimum atomic E-state index is -0.560. The smallest absolute Gasteiger partial charge is 0.424 e. The second-order valence-electron chi connectivity index (χ2n) is 1.39. The number of aromatic nitrogens is 1. The highest BCUT2D eigenvalue weighted by atomic mass is 32.1. The molecule has 0 aromatic carbocycles. The maximum absolute atomic E-state index is 10.0. The largest absolute Gasteiger partial charge is 0.496 e. The summed E-state index contributed by atoms with van der Waals surface area (Å²) in [7, 11) is 0. The Balaban J connectivity index is 3.24. The maximum atomic E-state index is 10.0. The van der Waals surface area contributed by atoms with Crippen LogP contribution in [0.3, 0.4) is 0 Å². The van der Waals surface area contributed by atoms with E-state index >= 15 is 0 Å². The van der Waals surface area contributed by atoms with Crippen LogP contribution in [0, 0.1) is 10.1 Å². The third-order valence-corrected chi connectivity index (χ3v) is 1.66. The van der Waals surface area contributed by atoms with E-state index in [-0.39, 0.29) is 9.80 Å². The van der Waals surface area contributed by atoms with E-state index in [4.69, 9.17) is 5.53 Å². The van der Waals surface area contributed by atoms with Crippen LogP contribution in [0.4, 0.5) is 5.00 Å². The number of hydrogen-bond acceptors (Lipinski definition) is 3. The summed E-state index contributed by atoms with van der Waals surface area (Å²) < 4.78 is 0. The molecule has 0 amide bonds. The van der Waals surface area contributed by atoms with Gasteiger partial charge in [0.15, 0.2) is 6.20 Å². The molecule has 6 nitrogen and oxygen atoms in total. The fourth-order valence-corrected chi connectivity index (χ4v) is 0.970. The summed E-state index contributed by atoms with van der Waals surface area (Å²) in [5, 5.41) is 9.93. The Labute approximate surface area is 58.5 Å². The first-order valence-corrected chi connectivity index (χ1v) is 3.06. The molecule has 0 saturated heterocycles. The number of nitrogens with one attached hydrogen (secondary N) is 1. The van der Waals surface area contributed by atoms with Gasteiger partial charge in [-0.2, -0.15) is 0 Å². The monoisotopic (exact) mass is 158 g/mol. The fraction of sp³-hybridized carbons (Fsp3) is 0. The predicted octanol–water partition coefficient (Wildman–Crippen LogP) is 0.115. The van der Waals surface area contributed by atoms with Crippen LogP contribution >= 0.6 is 11.3 Å². The molecular weight excluding hydrogens is 156 g/mol. The molecule has 0 saturated carbocycles. The van der Waals surface area contributed by atoms with Gasteiger partial charge in [-0.3, -0.25) is 14.9 Å². The van der Waals surface area contributed by atoms with Crippen molar-refractivity contribution >= 4 is 16.3 Å². The number of rotatable bonds is 1. The molecular formula is C3H2N4O2S. The summed E-state index contributed by atoms with van der Waals surface area (Å²) >= 11 is 0.770. The van der Waals surface area contributed by atoms with Crippen molar-refractivity contribution in [2.75, 3.05) is 0 Å². The van der Waals surface area contributed by atoms with Crippen molar-refractivity contribution in [3.05, 3.63) is 26.6 Å². The van der Waals surface area contributed by atoms with E-state index in [0.717, 1.165) is 11.3 Å². The van der Waals surface area contributed by atoms with Crippen LogP contribution in [0.15, 0.2) is 6.20 Å². The highest BCUT2D eigenvalue weighted by Gasteiger charge is 2.11. The van der Waals surface area contributed by atoms with Gasteiger partial charge in [-0.25, -0.2) is 4.98 Å². The number of thiazole rings is 1. The highest BCUT2D eigenvalue weighted by Crippen LogP contribution is 2.09. The molecule has 1 heterocycles. The lowest BCUT2D eigenvalue weighted by Crippen LogP contribution is -1.95. The van der Waals surface area contributed by atoms with Gasteiger partial charge < -0.3 is 5.53 Å². The second kappa shape index (κ2) is 2.42. The Morgan fingerprint density at radius 2 is 2.60 bits per heavy atom. The van der Waals surface area contributed by atoms with Crippen LogP contribution < -0.4 is 4.80 Å². The van der Waals surface area contributed by atoms with Crippen molar-refractivity contribution < 1.29 is 9.71 Å². The standard InChI is InChI=1S/C3H2N4O2S/c4-6-3-5-1-2(10-3)7(8)9/h1,5H. The lowest BCUT2D eigenvalue weighted by molar-refractivity contribution is -0.380. The molecule has 1 aromatic heterocycles. The Morgan fingerprint density at radius 1 is 1.90 bits per heavy atom. The van der Waals surface area contributed by atoms with Gasteiger partial charge in [0.05, 0.1) is 4.92 Å². The van der Waals surface area contributed by atoms with Gasteiger partial charge in [-0.05, 0) is 0 Å². The van der Waals surface area contributed by atoms with E-state index in [0.29, 0.717) is 0 Å². The average Bonchev–Trinajstić information content (AvgIpc) is 2.34. The number of nitrogens with zero attached hydrogens (tertiary/aromatic N) is 3. The normalized spacial score (nSPS) is 8.80. The molecule has 0 aliphatic heterocycles. The Kier molecular flexibility index (Phi) is 1.61. The van der Waals surface area contributed by atoms with Crippen molar-refractivity contribution in [2.24, 2.45) is 0 Å². The van der Waals surface area contributed by atoms with E-state index < -0.39 is 4.92 Å². The van der Waals surface area contributed by atoms with E-state index in [2.05, 4.69) is 9.77 Å². The van der Waals surface area contributed by atoms with Gasteiger partial charge in [-0.1, -0.05) is 0 Å². The van der Waals surface area contributed by atoms with Crippen LogP contribution in [0.5, 0.6) is 0 Å². The van der Waals surface area contributed by atoms with Gasteiger partial charge in [-0.15, -0.1) is 0 Å². The first kappa shape index (κ1) is 6.66. The van der Waals surface area contributed by atoms with Crippen LogP contribution in [-0.2, 0) is 0 Å². The molecule has 0 aliphatic carbocycles. The first-order valence-electron chi connectivity index (χ1n) is 2.25. The molecule has 0 fully saturated rings. The van der Waals surface area contributed by atoms with Crippen molar-refractivity contribution in [3.63, 3.8) is 0 Å². The van der Waals surface area contributed by atoms with Crippen LogP contribution in [0.25, 0.3) is 5.53 Å². The molecule has 0 atom stereocenters. The van der Waals surface area contributed by atoms with Crippen molar-refractivity contribution in [2.45, 2.75) is 0 Å². The minimum Gasteiger partial charge on any atom is -0.496 e. The van der Waals surface area contributed by atoms with E-state index in [9.17, 15) is 10.1 Å². The van der Waals surface area contributed by atoms with Crippen molar-refractivity contribution in [1.82, 2.24) is 4.98 Å². The topological polar surface area (TPSA) is 95.3 Å². The quantitative estimate of drug-likeness (QED) is 0.272. The maximum Gasteiger partial charge on any atom is 0.424 e. The fourth-order valence-electron chi connectivity index (χ4n) is 0.421. The average molecular weight is 158 g/mol. The number of hydrogen-bond donors (Lipinski definition) is 1. The molecule has 10 heavy (non-hydrogen) atoms. The third kappa shape index (κ3) is 1.09. The summed E-state index contributed by atoms with van der Waals surface area (Å²) in [6.07, 6.45) is 1.17. The molecule has 52 valence electrons. The van der Waals surface area contributed by atoms with Gasteiger partial charge in [0.1, 0.15) is 0 Å². The van der Waals surface area contributed by atoms with Crippen molar-refractivity contribution in [3.8, 4) is 0 Å². The predicted molar refractivity (Wildman–Crippen MR) is 32.1 cm³/mol. The van der Waals surface area contributed by atoms with E-state index in [1.54, 1.807) is 0 Å². The summed E-state index contributed by atoms with van der Waals surface area (Å²) in [4.78, 5) is 14.7. The molecule has 0 aliphatic rings. The number of nitro groups is 1. The molecule has 0 radical (unpaired) electrons. The Hall–Kier alpha value is -1.46. The highest BCUT2D eigenvalue weighted by molar-refractivity contribution is 7.12. The number of H-pyrrole nitrogens is 1. The zero-order valence-electron chi connectivity index (χ0n) is 4.64. The molecule has 0 spiro atoms.